The molecular weight excluding hydrogens is 695 g/mol. The maximum Gasteiger partial charge on any atom is 0.229 e. The lowest BCUT2D eigenvalue weighted by molar-refractivity contribution is -0.688. The molecule has 1 aromatic heterocycles. The Kier molecular flexibility index (Phi) is 11.7. The zero-order chi connectivity index (χ0) is 38.3. The lowest BCUT2D eigenvalue weighted by Crippen LogP contribution is -2.60. The van der Waals surface area contributed by atoms with Crippen LogP contribution in [0.1, 0.15) is 27.8 Å². The number of nitrogens with zero attached hydrogens (tertiary/aromatic N) is 1. The van der Waals surface area contributed by atoms with Crippen molar-refractivity contribution in [3.8, 4) is 28.4 Å². The molecular formula is C46H44NO8+. The van der Waals surface area contributed by atoms with E-state index < -0.39 is 37.3 Å². The lowest BCUT2D eigenvalue weighted by atomic mass is 9.85. The summed E-state index contributed by atoms with van der Waals surface area (Å²) in [5, 5.41) is 39.8. The third-order valence-electron chi connectivity index (χ3n) is 9.86. The molecule has 0 radical (unpaired) electrons. The number of pyridine rings is 1. The van der Waals surface area contributed by atoms with Crippen LogP contribution >= 0.6 is 0 Å². The van der Waals surface area contributed by atoms with Crippen LogP contribution in [-0.2, 0) is 11.3 Å². The van der Waals surface area contributed by atoms with Gasteiger partial charge in [0.15, 0.2) is 18.9 Å². The maximum atomic E-state index is 10.3. The Balaban J connectivity index is 1.12. The first-order valence-electron chi connectivity index (χ1n) is 18.1. The van der Waals surface area contributed by atoms with Crippen LogP contribution in [0.5, 0.6) is 17.2 Å². The molecule has 1 fully saturated rings. The second kappa shape index (κ2) is 17.1. The molecule has 2 heterocycles. The molecule has 280 valence electrons. The molecule has 0 aliphatic carbocycles. The Bertz CT molecular complexity index is 2120. The van der Waals surface area contributed by atoms with Crippen molar-refractivity contribution in [3.05, 3.63) is 180 Å². The van der Waals surface area contributed by atoms with E-state index in [1.807, 2.05) is 54.9 Å². The average Bonchev–Trinajstić information content (AvgIpc) is 3.24. The number of methoxy groups -OCH3 is 2. The van der Waals surface area contributed by atoms with Crippen LogP contribution < -0.4 is 18.8 Å². The molecule has 4 N–H and O–H groups in total. The summed E-state index contributed by atoms with van der Waals surface area (Å²) in [5.41, 5.74) is 9.72. The number of aliphatic hydroxyl groups excluding tert-OH is 4. The highest BCUT2D eigenvalue weighted by molar-refractivity contribution is 6.04. The molecule has 9 nitrogen and oxygen atoms in total. The monoisotopic (exact) mass is 738 g/mol. The molecule has 55 heavy (non-hydrogen) atoms. The van der Waals surface area contributed by atoms with E-state index in [9.17, 15) is 20.4 Å². The molecule has 9 heteroatoms. The van der Waals surface area contributed by atoms with Crippen molar-refractivity contribution in [3.63, 3.8) is 0 Å². The molecule has 1 aliphatic rings. The number of aromatic nitrogens is 1. The Labute approximate surface area is 320 Å². The van der Waals surface area contributed by atoms with Gasteiger partial charge in [0.25, 0.3) is 0 Å². The van der Waals surface area contributed by atoms with Crippen molar-refractivity contribution >= 4 is 11.1 Å². The number of hydrogen-bond donors (Lipinski definition) is 4. The quantitative estimate of drug-likeness (QED) is 0.0907. The number of benzene rings is 5. The minimum atomic E-state index is -1.50. The average molecular weight is 739 g/mol. The zero-order valence-electron chi connectivity index (χ0n) is 30.6. The Morgan fingerprint density at radius 3 is 1.53 bits per heavy atom. The number of ether oxygens (including phenoxy) is 4. The molecule has 6 aromatic rings. The normalized spacial score (nSPS) is 19.3. The molecule has 5 atom stereocenters. The summed E-state index contributed by atoms with van der Waals surface area (Å²) in [6.45, 7) is 0.0967. The van der Waals surface area contributed by atoms with Crippen LogP contribution in [0.3, 0.4) is 0 Å². The van der Waals surface area contributed by atoms with Crippen molar-refractivity contribution in [2.75, 3.05) is 20.8 Å². The first kappa shape index (κ1) is 37.5. The highest BCUT2D eigenvalue weighted by atomic mass is 16.7. The minimum absolute atomic E-state index is 0.419. The van der Waals surface area contributed by atoms with E-state index in [-0.39, 0.29) is 0 Å². The first-order chi connectivity index (χ1) is 26.8. The molecule has 0 spiro atoms. The second-order valence-electron chi connectivity index (χ2n) is 13.4. The zero-order valence-corrected chi connectivity index (χ0v) is 30.6. The summed E-state index contributed by atoms with van der Waals surface area (Å²) < 4.78 is 24.2. The van der Waals surface area contributed by atoms with Gasteiger partial charge in [0, 0.05) is 17.7 Å². The predicted molar refractivity (Wildman–Crippen MR) is 209 cm³/mol. The van der Waals surface area contributed by atoms with Gasteiger partial charge in [-0.05, 0) is 93.1 Å². The van der Waals surface area contributed by atoms with Gasteiger partial charge in [-0.2, -0.15) is 0 Å². The van der Waals surface area contributed by atoms with Crippen molar-refractivity contribution in [2.45, 2.75) is 37.3 Å². The van der Waals surface area contributed by atoms with Crippen LogP contribution in [0.4, 0.5) is 0 Å². The largest absolute Gasteiger partial charge is 0.497 e. The van der Waals surface area contributed by atoms with E-state index in [4.69, 9.17) is 18.9 Å². The Morgan fingerprint density at radius 1 is 0.545 bits per heavy atom. The van der Waals surface area contributed by atoms with E-state index >= 15 is 0 Å². The first-order valence-corrected chi connectivity index (χ1v) is 18.1. The summed E-state index contributed by atoms with van der Waals surface area (Å²) in [7, 11) is 3.35. The van der Waals surface area contributed by atoms with Gasteiger partial charge < -0.3 is 39.4 Å². The number of rotatable bonds is 12. The van der Waals surface area contributed by atoms with E-state index in [1.54, 1.807) is 26.4 Å². The molecule has 7 rings (SSSR count). The van der Waals surface area contributed by atoms with E-state index in [0.29, 0.717) is 12.3 Å². The standard InChI is InChI=1S/C46H44NO8/c1-52-37-20-14-35(15-21-37)42(36-16-22-38(53-2)23-17-36)41(33-6-4-3-5-7-33)34-12-10-31(11-13-34)32-24-26-47(27-25-32)28-30-8-18-39(19-9-30)54-46-45(51)44(50)43(49)40(29-48)55-46/h3-27,40,43-46,48-51H,28-29H2,1-2H3/q+1/t40-,43+,44+,45-,46-/m1/s1. The highest BCUT2D eigenvalue weighted by Gasteiger charge is 2.44. The fourth-order valence-electron chi connectivity index (χ4n) is 6.80. The fourth-order valence-corrected chi connectivity index (χ4v) is 6.80. The fraction of sp³-hybridized carbons (Fsp3) is 0.196. The topological polar surface area (TPSA) is 122 Å². The van der Waals surface area contributed by atoms with Gasteiger partial charge in [-0.25, -0.2) is 4.57 Å². The third kappa shape index (κ3) is 8.47. The molecule has 0 bridgehead atoms. The van der Waals surface area contributed by atoms with Crippen molar-refractivity contribution in [1.29, 1.82) is 0 Å². The van der Waals surface area contributed by atoms with Crippen LogP contribution in [0.25, 0.3) is 22.3 Å². The van der Waals surface area contributed by atoms with Gasteiger partial charge in [-0.3, -0.25) is 0 Å². The van der Waals surface area contributed by atoms with Crippen molar-refractivity contribution < 1.29 is 43.9 Å². The lowest BCUT2D eigenvalue weighted by Gasteiger charge is -2.39. The van der Waals surface area contributed by atoms with Gasteiger partial charge in [-0.15, -0.1) is 0 Å². The molecule has 0 saturated carbocycles. The minimum Gasteiger partial charge on any atom is -0.497 e. The summed E-state index contributed by atoms with van der Waals surface area (Å²) in [5.74, 6) is 2.01. The van der Waals surface area contributed by atoms with Crippen LogP contribution in [-0.4, -0.2) is 72.0 Å². The summed E-state index contributed by atoms with van der Waals surface area (Å²) in [6.07, 6.45) is -2.59. The summed E-state index contributed by atoms with van der Waals surface area (Å²) in [4.78, 5) is 0. The van der Waals surface area contributed by atoms with Gasteiger partial charge in [0.05, 0.1) is 20.8 Å². The maximum absolute atomic E-state index is 10.3. The highest BCUT2D eigenvalue weighted by Crippen LogP contribution is 2.38. The van der Waals surface area contributed by atoms with Crippen LogP contribution in [0.2, 0.25) is 0 Å². The van der Waals surface area contributed by atoms with Crippen molar-refractivity contribution in [2.24, 2.45) is 0 Å². The van der Waals surface area contributed by atoms with Gasteiger partial charge in [-0.1, -0.05) is 78.9 Å². The van der Waals surface area contributed by atoms with Crippen LogP contribution in [0, 0.1) is 0 Å². The predicted octanol–water partition coefficient (Wildman–Crippen LogP) is 5.89. The van der Waals surface area contributed by atoms with Crippen LogP contribution in [0.15, 0.2) is 152 Å². The SMILES string of the molecule is COc1ccc(C(=C(c2ccccc2)c2ccc(-c3cc[n+](Cc4ccc(O[C@@H]5O[C@H](CO)[C@H](O)[C@H](O)[C@H]5O)cc4)cc3)cc2)c2ccc(OC)cc2)cc1. The summed E-state index contributed by atoms with van der Waals surface area (Å²) >= 11 is 0. The molecule has 0 unspecified atom stereocenters. The van der Waals surface area contributed by atoms with E-state index in [0.717, 1.165) is 61.6 Å². The molecule has 1 saturated heterocycles. The Morgan fingerprint density at radius 2 is 1.02 bits per heavy atom. The van der Waals surface area contributed by atoms with Crippen molar-refractivity contribution in [1.82, 2.24) is 0 Å². The Hall–Kier alpha value is -5.81. The van der Waals surface area contributed by atoms with E-state index in [1.165, 1.54) is 0 Å². The van der Waals surface area contributed by atoms with Gasteiger partial charge in [0.2, 0.25) is 6.29 Å². The second-order valence-corrected chi connectivity index (χ2v) is 13.4. The van der Waals surface area contributed by atoms with Gasteiger partial charge in [0.1, 0.15) is 41.7 Å². The molecule has 0 amide bonds. The number of hydrogen-bond acceptors (Lipinski definition) is 8. The van der Waals surface area contributed by atoms with E-state index in [2.05, 4.69) is 89.5 Å². The number of aliphatic hydroxyl groups is 4. The molecule has 1 aliphatic heterocycles. The smallest absolute Gasteiger partial charge is 0.229 e. The summed E-state index contributed by atoms with van der Waals surface area (Å²) in [6, 6.07) is 47.0. The molecule has 5 aromatic carbocycles. The third-order valence-corrected chi connectivity index (χ3v) is 9.86. The van der Waals surface area contributed by atoms with Gasteiger partial charge >= 0.3 is 0 Å².